The van der Waals surface area contributed by atoms with Gasteiger partial charge in [-0.05, 0) is 12.1 Å². The zero-order valence-corrected chi connectivity index (χ0v) is 7.91. The predicted molar refractivity (Wildman–Crippen MR) is 52.0 cm³/mol. The van der Waals surface area contributed by atoms with E-state index in [1.165, 1.54) is 17.0 Å². The molecular weight excluding hydrogens is 212 g/mol. The number of hydrogen-bond donors (Lipinski definition) is 2. The van der Waals surface area contributed by atoms with Crippen LogP contribution in [0.25, 0.3) is 17.4 Å². The Morgan fingerprint density at radius 2 is 2.38 bits per heavy atom. The molecule has 0 spiro atoms. The van der Waals surface area contributed by atoms with Crippen molar-refractivity contribution in [2.24, 2.45) is 0 Å². The standard InChI is InChI=1S/C9H6N4O3/c14-8(15)5-4-13-9(10-5)11-7(12-13)6-2-1-3-16-6/h1-4H,(H,14,15)(H,10,11,12). The van der Waals surface area contributed by atoms with Crippen molar-refractivity contribution < 1.29 is 14.3 Å². The van der Waals surface area contributed by atoms with Gasteiger partial charge in [-0.2, -0.15) is 4.98 Å². The van der Waals surface area contributed by atoms with Crippen LogP contribution in [0.15, 0.2) is 29.0 Å². The minimum absolute atomic E-state index is 0.0512. The van der Waals surface area contributed by atoms with Gasteiger partial charge in [-0.3, -0.25) is 5.10 Å². The van der Waals surface area contributed by atoms with E-state index in [0.29, 0.717) is 17.4 Å². The molecule has 0 aromatic carbocycles. The molecule has 3 aromatic rings. The lowest BCUT2D eigenvalue weighted by Gasteiger charge is -1.87. The van der Waals surface area contributed by atoms with Crippen LogP contribution in [-0.2, 0) is 0 Å². The third kappa shape index (κ3) is 1.18. The molecule has 0 radical (unpaired) electrons. The minimum Gasteiger partial charge on any atom is -0.476 e. The van der Waals surface area contributed by atoms with Gasteiger partial charge in [0.2, 0.25) is 0 Å². The van der Waals surface area contributed by atoms with Gasteiger partial charge in [0.1, 0.15) is 0 Å². The van der Waals surface area contributed by atoms with Crippen molar-refractivity contribution in [1.82, 2.24) is 19.6 Å². The summed E-state index contributed by atoms with van der Waals surface area (Å²) in [5, 5.41) is 11.6. The lowest BCUT2D eigenvalue weighted by atomic mass is 10.4. The Bertz CT molecular complexity index is 618. The summed E-state index contributed by atoms with van der Waals surface area (Å²) in [5.41, 5.74) is -0.0512. The van der Waals surface area contributed by atoms with Gasteiger partial charge >= 0.3 is 5.97 Å². The van der Waals surface area contributed by atoms with Crippen LogP contribution in [0, 0.1) is 0 Å². The summed E-state index contributed by atoms with van der Waals surface area (Å²) in [6.07, 6.45) is 2.89. The van der Waals surface area contributed by atoms with Gasteiger partial charge in [-0.15, -0.1) is 0 Å². The first kappa shape index (κ1) is 8.72. The van der Waals surface area contributed by atoms with E-state index in [1.54, 1.807) is 12.1 Å². The molecule has 3 heterocycles. The van der Waals surface area contributed by atoms with Gasteiger partial charge in [-0.25, -0.2) is 14.3 Å². The summed E-state index contributed by atoms with van der Waals surface area (Å²) < 4.78 is 6.58. The maximum Gasteiger partial charge on any atom is 0.356 e. The van der Waals surface area contributed by atoms with Crippen molar-refractivity contribution in [2.45, 2.75) is 0 Å². The number of rotatable bonds is 2. The Balaban J connectivity index is 2.12. The maximum atomic E-state index is 10.6. The fourth-order valence-electron chi connectivity index (χ4n) is 1.40. The van der Waals surface area contributed by atoms with Crippen molar-refractivity contribution in [3.8, 4) is 11.6 Å². The van der Waals surface area contributed by atoms with Gasteiger partial charge in [0, 0.05) is 0 Å². The van der Waals surface area contributed by atoms with Crippen LogP contribution in [0.3, 0.4) is 0 Å². The molecule has 0 unspecified atom stereocenters. The number of hydrogen-bond acceptors (Lipinski definition) is 4. The van der Waals surface area contributed by atoms with Crippen LogP contribution in [-0.4, -0.2) is 30.7 Å². The highest BCUT2D eigenvalue weighted by atomic mass is 16.4. The van der Waals surface area contributed by atoms with Crippen LogP contribution in [0.2, 0.25) is 0 Å². The van der Waals surface area contributed by atoms with E-state index in [2.05, 4.69) is 15.1 Å². The van der Waals surface area contributed by atoms with E-state index in [-0.39, 0.29) is 5.69 Å². The van der Waals surface area contributed by atoms with Gasteiger partial charge in [-0.1, -0.05) is 0 Å². The predicted octanol–water partition coefficient (Wildman–Crippen LogP) is 1.02. The first-order valence-corrected chi connectivity index (χ1v) is 4.46. The third-order valence-corrected chi connectivity index (χ3v) is 2.10. The van der Waals surface area contributed by atoms with E-state index in [4.69, 9.17) is 9.52 Å². The van der Waals surface area contributed by atoms with E-state index >= 15 is 0 Å². The number of aromatic amines is 1. The van der Waals surface area contributed by atoms with Gasteiger partial charge in [0.25, 0.3) is 5.78 Å². The van der Waals surface area contributed by atoms with Crippen LogP contribution >= 0.6 is 0 Å². The largest absolute Gasteiger partial charge is 0.476 e. The lowest BCUT2D eigenvalue weighted by Crippen LogP contribution is -1.95. The summed E-state index contributed by atoms with van der Waals surface area (Å²) in [7, 11) is 0. The monoisotopic (exact) mass is 218 g/mol. The Kier molecular flexibility index (Phi) is 1.61. The molecule has 0 bridgehead atoms. The fraction of sp³-hybridized carbons (Fsp3) is 0. The molecule has 80 valence electrons. The van der Waals surface area contributed by atoms with Crippen molar-refractivity contribution in [1.29, 1.82) is 0 Å². The van der Waals surface area contributed by atoms with Crippen LogP contribution in [0.5, 0.6) is 0 Å². The average molecular weight is 218 g/mol. The highest BCUT2D eigenvalue weighted by Crippen LogP contribution is 2.16. The summed E-state index contributed by atoms with van der Waals surface area (Å²) in [4.78, 5) is 18.6. The second kappa shape index (κ2) is 2.96. The Labute approximate surface area is 88.3 Å². The quantitative estimate of drug-likeness (QED) is 0.669. The molecule has 0 fully saturated rings. The molecule has 0 saturated carbocycles. The highest BCUT2D eigenvalue weighted by molar-refractivity contribution is 5.85. The first-order valence-electron chi connectivity index (χ1n) is 4.46. The molecule has 16 heavy (non-hydrogen) atoms. The Morgan fingerprint density at radius 3 is 3.00 bits per heavy atom. The van der Waals surface area contributed by atoms with Crippen molar-refractivity contribution >= 4 is 11.7 Å². The molecular formula is C9H6N4O3. The summed E-state index contributed by atoms with van der Waals surface area (Å²) in [5.74, 6) is 0.286. The van der Waals surface area contributed by atoms with Crippen molar-refractivity contribution in [2.75, 3.05) is 0 Å². The summed E-state index contributed by atoms with van der Waals surface area (Å²) in [6, 6.07) is 3.49. The zero-order chi connectivity index (χ0) is 11.1. The van der Waals surface area contributed by atoms with Gasteiger partial charge in [0.05, 0.1) is 12.5 Å². The molecule has 0 amide bonds. The van der Waals surface area contributed by atoms with Crippen LogP contribution < -0.4 is 0 Å². The number of carboxylic acid groups (broad SMARTS) is 1. The second-order valence-electron chi connectivity index (χ2n) is 3.15. The molecule has 3 aromatic heterocycles. The molecule has 0 aliphatic carbocycles. The molecule has 3 rings (SSSR count). The first-order chi connectivity index (χ1) is 7.74. The highest BCUT2D eigenvalue weighted by Gasteiger charge is 2.13. The van der Waals surface area contributed by atoms with Crippen LogP contribution in [0.4, 0.5) is 0 Å². The third-order valence-electron chi connectivity index (χ3n) is 2.10. The number of aromatic nitrogens is 4. The lowest BCUT2D eigenvalue weighted by molar-refractivity contribution is 0.0691. The number of H-pyrrole nitrogens is 1. The SMILES string of the molecule is O=C(O)c1cn2[nH]c(-c3ccco3)nc2n1. The Hall–Kier alpha value is -2.57. The van der Waals surface area contributed by atoms with Crippen LogP contribution in [0.1, 0.15) is 10.5 Å². The second-order valence-corrected chi connectivity index (χ2v) is 3.15. The minimum atomic E-state index is -1.08. The molecule has 0 saturated heterocycles. The normalized spacial score (nSPS) is 11.0. The zero-order valence-electron chi connectivity index (χ0n) is 7.91. The van der Waals surface area contributed by atoms with Crippen molar-refractivity contribution in [3.63, 3.8) is 0 Å². The molecule has 0 aliphatic heterocycles. The topological polar surface area (TPSA) is 96.4 Å². The number of aromatic carboxylic acids is 1. The van der Waals surface area contributed by atoms with E-state index < -0.39 is 5.97 Å². The number of nitrogens with zero attached hydrogens (tertiary/aromatic N) is 3. The van der Waals surface area contributed by atoms with Crippen molar-refractivity contribution in [3.05, 3.63) is 30.3 Å². The number of nitrogens with one attached hydrogen (secondary N) is 1. The van der Waals surface area contributed by atoms with Gasteiger partial charge in [0.15, 0.2) is 17.3 Å². The number of carbonyl (C=O) groups is 1. The maximum absolute atomic E-state index is 10.6. The smallest absolute Gasteiger partial charge is 0.356 e. The fourth-order valence-corrected chi connectivity index (χ4v) is 1.40. The van der Waals surface area contributed by atoms with E-state index in [0.717, 1.165) is 0 Å². The number of fused-ring (bicyclic) bond motifs is 1. The molecule has 2 N–H and O–H groups in total. The Morgan fingerprint density at radius 1 is 1.50 bits per heavy atom. The number of carboxylic acids is 1. The number of furan rings is 1. The summed E-state index contributed by atoms with van der Waals surface area (Å²) >= 11 is 0. The molecule has 0 atom stereocenters. The molecule has 7 nitrogen and oxygen atoms in total. The molecule has 0 aliphatic rings. The van der Waals surface area contributed by atoms with E-state index in [1.807, 2.05) is 0 Å². The van der Waals surface area contributed by atoms with Gasteiger partial charge < -0.3 is 9.52 Å². The van der Waals surface area contributed by atoms with E-state index in [9.17, 15) is 4.79 Å². The average Bonchev–Trinajstić information content (AvgIpc) is 2.91. The summed E-state index contributed by atoms with van der Waals surface area (Å²) in [6.45, 7) is 0. The number of imidazole rings is 1. The molecule has 7 heteroatoms.